The van der Waals surface area contributed by atoms with E-state index in [9.17, 15) is 4.79 Å². The smallest absolute Gasteiger partial charge is 0.223 e. The van der Waals surface area contributed by atoms with Crippen LogP contribution in [0.2, 0.25) is 0 Å². The van der Waals surface area contributed by atoms with Crippen molar-refractivity contribution in [2.45, 2.75) is 39.8 Å². The van der Waals surface area contributed by atoms with Crippen LogP contribution < -0.4 is 10.6 Å². The van der Waals surface area contributed by atoms with Gasteiger partial charge in [-0.1, -0.05) is 0 Å². The molecule has 0 radical (unpaired) electrons. The van der Waals surface area contributed by atoms with E-state index in [0.29, 0.717) is 11.2 Å². The molecule has 6 nitrogen and oxygen atoms in total. The van der Waals surface area contributed by atoms with E-state index in [1.165, 1.54) is 17.4 Å². The van der Waals surface area contributed by atoms with Crippen molar-refractivity contribution in [2.24, 2.45) is 0 Å². The van der Waals surface area contributed by atoms with Gasteiger partial charge in [-0.15, -0.1) is 23.7 Å². The first-order valence-electron chi connectivity index (χ1n) is 8.60. The van der Waals surface area contributed by atoms with Crippen LogP contribution in [0.4, 0.5) is 5.13 Å². The van der Waals surface area contributed by atoms with Crippen LogP contribution >= 0.6 is 23.7 Å². The van der Waals surface area contributed by atoms with Crippen LogP contribution in [0.25, 0.3) is 0 Å². The lowest BCUT2D eigenvalue weighted by Gasteiger charge is -2.33. The van der Waals surface area contributed by atoms with E-state index in [1.807, 2.05) is 20.0 Å². The number of pyridine rings is 1. The van der Waals surface area contributed by atoms with Gasteiger partial charge in [-0.3, -0.25) is 14.7 Å². The Morgan fingerprint density at radius 2 is 2.12 bits per heavy atom. The van der Waals surface area contributed by atoms with Gasteiger partial charge in [0.25, 0.3) is 0 Å². The Morgan fingerprint density at radius 3 is 2.81 bits per heavy atom. The molecule has 0 aromatic carbocycles. The first-order valence-corrected chi connectivity index (χ1v) is 9.42. The number of anilines is 1. The molecule has 1 fully saturated rings. The van der Waals surface area contributed by atoms with Gasteiger partial charge in [-0.25, -0.2) is 4.98 Å². The molecule has 2 aromatic rings. The number of rotatable bonds is 5. The Bertz CT molecular complexity index is 731. The number of hydrogen-bond donors (Lipinski definition) is 2. The van der Waals surface area contributed by atoms with Crippen molar-refractivity contribution in [1.82, 2.24) is 20.2 Å². The zero-order valence-electron chi connectivity index (χ0n) is 15.4. The predicted molar refractivity (Wildman–Crippen MR) is 108 cm³/mol. The number of amides is 1. The number of thiazole rings is 1. The normalized spacial score (nSPS) is 17.6. The molecule has 0 bridgehead atoms. The highest BCUT2D eigenvalue weighted by atomic mass is 35.5. The number of halogens is 1. The third kappa shape index (κ3) is 6.02. The lowest BCUT2D eigenvalue weighted by atomic mass is 10.0. The quantitative estimate of drug-likeness (QED) is 0.814. The minimum Gasteiger partial charge on any atom is -0.311 e. The average molecular weight is 396 g/mol. The standard InChI is InChI=1S/C18H25N5OS.ClH/c1-12-6-15(7-13(2)21-12)8-16-10-23(5-4-19-16)11-17-9-20-18(25-17)22-14(3)24;/h6-7,9,16,19H,4-5,8,10-11H2,1-3H3,(H,20,22,24);1H/t16-;/m0./s1. The van der Waals surface area contributed by atoms with Gasteiger partial charge in [0.1, 0.15) is 0 Å². The van der Waals surface area contributed by atoms with Crippen molar-refractivity contribution in [1.29, 1.82) is 0 Å². The number of carbonyl (C=O) groups excluding carboxylic acids is 1. The Hall–Kier alpha value is -1.54. The molecule has 0 aliphatic carbocycles. The maximum atomic E-state index is 11.1. The van der Waals surface area contributed by atoms with Crippen molar-refractivity contribution in [2.75, 3.05) is 25.0 Å². The molecule has 8 heteroatoms. The molecule has 1 amide bonds. The summed E-state index contributed by atoms with van der Waals surface area (Å²) in [4.78, 5) is 23.5. The zero-order valence-corrected chi connectivity index (χ0v) is 17.0. The van der Waals surface area contributed by atoms with E-state index < -0.39 is 0 Å². The second-order valence-electron chi connectivity index (χ2n) is 6.66. The van der Waals surface area contributed by atoms with Gasteiger partial charge in [0.2, 0.25) is 5.91 Å². The van der Waals surface area contributed by atoms with Crippen molar-refractivity contribution >= 4 is 34.8 Å². The molecule has 2 N–H and O–H groups in total. The van der Waals surface area contributed by atoms with Gasteiger partial charge in [0, 0.05) is 61.6 Å². The summed E-state index contributed by atoms with van der Waals surface area (Å²) < 4.78 is 0. The number of nitrogens with one attached hydrogen (secondary N) is 2. The summed E-state index contributed by atoms with van der Waals surface area (Å²) in [5, 5.41) is 7.05. The molecule has 3 rings (SSSR count). The molecule has 0 unspecified atom stereocenters. The molecule has 142 valence electrons. The van der Waals surface area contributed by atoms with E-state index >= 15 is 0 Å². The van der Waals surface area contributed by atoms with Crippen LogP contribution in [0.3, 0.4) is 0 Å². The van der Waals surface area contributed by atoms with Crippen LogP contribution in [-0.4, -0.2) is 46.5 Å². The monoisotopic (exact) mass is 395 g/mol. The number of aromatic nitrogens is 2. The van der Waals surface area contributed by atoms with Gasteiger partial charge < -0.3 is 10.6 Å². The molecule has 1 aliphatic rings. The highest BCUT2D eigenvalue weighted by Crippen LogP contribution is 2.20. The van der Waals surface area contributed by atoms with E-state index in [1.54, 1.807) is 11.3 Å². The highest BCUT2D eigenvalue weighted by Gasteiger charge is 2.20. The number of piperazine rings is 1. The fraction of sp³-hybridized carbons (Fsp3) is 0.500. The van der Waals surface area contributed by atoms with Crippen molar-refractivity contribution in [3.8, 4) is 0 Å². The number of nitrogens with zero attached hydrogens (tertiary/aromatic N) is 3. The third-order valence-electron chi connectivity index (χ3n) is 4.18. The van der Waals surface area contributed by atoms with Crippen LogP contribution in [0.15, 0.2) is 18.3 Å². The molecule has 2 aromatic heterocycles. The molecule has 3 heterocycles. The van der Waals surface area contributed by atoms with Crippen molar-refractivity contribution < 1.29 is 4.79 Å². The van der Waals surface area contributed by atoms with Gasteiger partial charge in [0.05, 0.1) is 0 Å². The second-order valence-corrected chi connectivity index (χ2v) is 7.78. The SMILES string of the molecule is CC(=O)Nc1ncc(CN2CCN[C@@H](Cc3cc(C)nc(C)c3)C2)s1.Cl. The topological polar surface area (TPSA) is 70.2 Å². The molecule has 0 saturated carbocycles. The molecule has 1 aliphatic heterocycles. The van der Waals surface area contributed by atoms with Gasteiger partial charge in [0.15, 0.2) is 5.13 Å². The number of hydrogen-bond acceptors (Lipinski definition) is 6. The predicted octanol–water partition coefficient (Wildman–Crippen LogP) is 2.55. The summed E-state index contributed by atoms with van der Waals surface area (Å²) in [7, 11) is 0. The molecule has 0 spiro atoms. The lowest BCUT2D eigenvalue weighted by molar-refractivity contribution is -0.114. The summed E-state index contributed by atoms with van der Waals surface area (Å²) in [5.74, 6) is -0.0777. The third-order valence-corrected chi connectivity index (χ3v) is 5.08. The maximum Gasteiger partial charge on any atom is 0.223 e. The molecular weight excluding hydrogens is 370 g/mol. The van der Waals surface area contributed by atoms with Crippen LogP contribution in [-0.2, 0) is 17.8 Å². The summed E-state index contributed by atoms with van der Waals surface area (Å²) in [6.45, 7) is 9.51. The fourth-order valence-corrected chi connectivity index (χ4v) is 4.21. The second kappa shape index (κ2) is 9.41. The first kappa shape index (κ1) is 20.8. The van der Waals surface area contributed by atoms with Crippen LogP contribution in [0, 0.1) is 13.8 Å². The van der Waals surface area contributed by atoms with E-state index in [0.717, 1.165) is 44.0 Å². The molecule has 26 heavy (non-hydrogen) atoms. The summed E-state index contributed by atoms with van der Waals surface area (Å²) in [6, 6.07) is 4.80. The van der Waals surface area contributed by atoms with Crippen molar-refractivity contribution in [3.63, 3.8) is 0 Å². The van der Waals surface area contributed by atoms with E-state index in [2.05, 4.69) is 37.6 Å². The maximum absolute atomic E-state index is 11.1. The number of aryl methyl sites for hydroxylation is 2. The Morgan fingerprint density at radius 1 is 1.38 bits per heavy atom. The molecule has 1 atom stereocenters. The van der Waals surface area contributed by atoms with Gasteiger partial charge in [-0.2, -0.15) is 0 Å². The van der Waals surface area contributed by atoms with Crippen molar-refractivity contribution in [3.05, 3.63) is 40.2 Å². The molecule has 1 saturated heterocycles. The number of carbonyl (C=O) groups is 1. The lowest BCUT2D eigenvalue weighted by Crippen LogP contribution is -2.51. The highest BCUT2D eigenvalue weighted by molar-refractivity contribution is 7.15. The van der Waals surface area contributed by atoms with Crippen LogP contribution in [0.5, 0.6) is 0 Å². The zero-order chi connectivity index (χ0) is 17.8. The summed E-state index contributed by atoms with van der Waals surface area (Å²) >= 11 is 1.55. The van der Waals surface area contributed by atoms with Gasteiger partial charge in [-0.05, 0) is 38.0 Å². The summed E-state index contributed by atoms with van der Waals surface area (Å²) in [5.41, 5.74) is 3.51. The summed E-state index contributed by atoms with van der Waals surface area (Å²) in [6.07, 6.45) is 2.88. The van der Waals surface area contributed by atoms with Gasteiger partial charge >= 0.3 is 0 Å². The Labute approximate surface area is 164 Å². The average Bonchev–Trinajstić information content (AvgIpc) is 2.92. The van der Waals surface area contributed by atoms with Crippen LogP contribution in [0.1, 0.15) is 28.8 Å². The first-order chi connectivity index (χ1) is 12.0. The Kier molecular flexibility index (Phi) is 7.52. The van der Waals surface area contributed by atoms with E-state index in [4.69, 9.17) is 0 Å². The van der Waals surface area contributed by atoms with E-state index in [-0.39, 0.29) is 18.3 Å². The Balaban J connectivity index is 0.00000243. The minimum atomic E-state index is -0.0777. The fourth-order valence-electron chi connectivity index (χ4n) is 3.31. The largest absolute Gasteiger partial charge is 0.311 e. The molecular formula is C18H26ClN5OS. The minimum absolute atomic E-state index is 0.